The summed E-state index contributed by atoms with van der Waals surface area (Å²) in [5.41, 5.74) is 2.19. The minimum atomic E-state index is -0.274. The van der Waals surface area contributed by atoms with Gasteiger partial charge in [-0.2, -0.15) is 0 Å². The van der Waals surface area contributed by atoms with E-state index in [4.69, 9.17) is 0 Å². The second kappa shape index (κ2) is 8.28. The molecular formula is C16H20N4O2S. The lowest BCUT2D eigenvalue weighted by Crippen LogP contribution is -2.30. The molecular weight excluding hydrogens is 312 g/mol. The molecule has 0 fully saturated rings. The van der Waals surface area contributed by atoms with E-state index in [-0.39, 0.29) is 11.9 Å². The number of nitrogens with zero attached hydrogens (tertiary/aromatic N) is 1. The second-order valence-electron chi connectivity index (χ2n) is 4.87. The quantitative estimate of drug-likeness (QED) is 0.760. The van der Waals surface area contributed by atoms with E-state index in [1.54, 1.807) is 42.6 Å². The van der Waals surface area contributed by atoms with Crippen molar-refractivity contribution < 1.29 is 9.59 Å². The Kier molecular flexibility index (Phi) is 6.10. The number of aromatic nitrogens is 1. The number of nitrogens with one attached hydrogen (secondary N) is 3. The average molecular weight is 332 g/mol. The molecule has 0 radical (unpaired) electrons. The molecule has 7 heteroatoms. The van der Waals surface area contributed by atoms with Crippen LogP contribution in [0.4, 0.5) is 10.5 Å². The Hall–Kier alpha value is -2.41. The van der Waals surface area contributed by atoms with Crippen LogP contribution in [0.15, 0.2) is 29.6 Å². The average Bonchev–Trinajstić information content (AvgIpc) is 3.03. The second-order valence-corrected chi connectivity index (χ2v) is 5.82. The Morgan fingerprint density at radius 3 is 2.57 bits per heavy atom. The molecule has 0 atom stereocenters. The monoisotopic (exact) mass is 332 g/mol. The number of rotatable bonds is 6. The summed E-state index contributed by atoms with van der Waals surface area (Å²) in [6, 6.07) is 6.44. The van der Waals surface area contributed by atoms with Gasteiger partial charge in [-0.25, -0.2) is 9.78 Å². The minimum absolute atomic E-state index is 0.157. The van der Waals surface area contributed by atoms with E-state index < -0.39 is 0 Å². The molecule has 1 aromatic carbocycles. The van der Waals surface area contributed by atoms with Gasteiger partial charge >= 0.3 is 6.03 Å². The maximum Gasteiger partial charge on any atom is 0.319 e. The third-order valence-electron chi connectivity index (χ3n) is 3.20. The number of anilines is 1. The third-order valence-corrected chi connectivity index (χ3v) is 4.24. The summed E-state index contributed by atoms with van der Waals surface area (Å²) in [6.07, 6.45) is 1.64. The maximum absolute atomic E-state index is 11.8. The van der Waals surface area contributed by atoms with Gasteiger partial charge in [-0.15, -0.1) is 11.3 Å². The van der Waals surface area contributed by atoms with Gasteiger partial charge in [0.05, 0.1) is 10.7 Å². The van der Waals surface area contributed by atoms with E-state index in [1.807, 2.05) is 5.38 Å². The lowest BCUT2D eigenvalue weighted by atomic mass is 10.2. The number of urea groups is 1. The van der Waals surface area contributed by atoms with Gasteiger partial charge in [-0.05, 0) is 30.7 Å². The van der Waals surface area contributed by atoms with Gasteiger partial charge in [0.1, 0.15) is 0 Å². The molecule has 23 heavy (non-hydrogen) atoms. The molecule has 2 aromatic rings. The molecule has 0 aliphatic heterocycles. The molecule has 122 valence electrons. The van der Waals surface area contributed by atoms with Gasteiger partial charge in [0.25, 0.3) is 5.91 Å². The van der Waals surface area contributed by atoms with Crippen molar-refractivity contribution in [3.63, 3.8) is 0 Å². The Balaban J connectivity index is 1.77. The van der Waals surface area contributed by atoms with Crippen LogP contribution in [0.3, 0.4) is 0 Å². The fraction of sp³-hybridized carbons (Fsp3) is 0.312. The smallest absolute Gasteiger partial charge is 0.319 e. The zero-order chi connectivity index (χ0) is 16.7. The fourth-order valence-corrected chi connectivity index (χ4v) is 2.73. The predicted molar refractivity (Wildman–Crippen MR) is 92.0 cm³/mol. The molecule has 2 rings (SSSR count). The molecule has 0 spiro atoms. The standard InChI is InChI=1S/C16H20N4O2S/c1-3-14-19-13(10-23-14)8-9-18-16(22)20-12-6-4-11(5-7-12)15(21)17-2/h4-7,10H,3,8-9H2,1-2H3,(H,17,21)(H2,18,20,22). The summed E-state index contributed by atoms with van der Waals surface area (Å²) < 4.78 is 0. The van der Waals surface area contributed by atoms with Crippen molar-refractivity contribution in [1.82, 2.24) is 15.6 Å². The number of hydrogen-bond acceptors (Lipinski definition) is 4. The van der Waals surface area contributed by atoms with Gasteiger partial charge in [0.15, 0.2) is 0 Å². The van der Waals surface area contributed by atoms with E-state index >= 15 is 0 Å². The van der Waals surface area contributed by atoms with Gasteiger partial charge < -0.3 is 16.0 Å². The summed E-state index contributed by atoms with van der Waals surface area (Å²) in [6.45, 7) is 2.60. The summed E-state index contributed by atoms with van der Waals surface area (Å²) in [7, 11) is 1.58. The van der Waals surface area contributed by atoms with Crippen LogP contribution in [-0.4, -0.2) is 30.5 Å². The lowest BCUT2D eigenvalue weighted by molar-refractivity contribution is 0.0963. The van der Waals surface area contributed by atoms with E-state index in [0.29, 0.717) is 24.2 Å². The molecule has 3 amide bonds. The molecule has 0 unspecified atom stereocenters. The van der Waals surface area contributed by atoms with E-state index in [0.717, 1.165) is 17.1 Å². The zero-order valence-electron chi connectivity index (χ0n) is 13.2. The Labute approximate surface area is 139 Å². The highest BCUT2D eigenvalue weighted by Gasteiger charge is 2.05. The molecule has 6 nitrogen and oxygen atoms in total. The molecule has 0 aliphatic carbocycles. The van der Waals surface area contributed by atoms with E-state index in [2.05, 4.69) is 27.9 Å². The predicted octanol–water partition coefficient (Wildman–Crippen LogP) is 2.43. The minimum Gasteiger partial charge on any atom is -0.355 e. The van der Waals surface area contributed by atoms with Gasteiger partial charge in [-0.1, -0.05) is 6.92 Å². The number of carbonyl (C=O) groups is 2. The van der Waals surface area contributed by atoms with Crippen LogP contribution in [0.2, 0.25) is 0 Å². The van der Waals surface area contributed by atoms with Crippen LogP contribution in [0.25, 0.3) is 0 Å². The highest BCUT2D eigenvalue weighted by atomic mass is 32.1. The molecule has 0 saturated carbocycles. The molecule has 0 bridgehead atoms. The molecule has 0 saturated heterocycles. The maximum atomic E-state index is 11.8. The van der Waals surface area contributed by atoms with Gasteiger partial charge in [0.2, 0.25) is 0 Å². The van der Waals surface area contributed by atoms with Gasteiger partial charge in [-0.3, -0.25) is 4.79 Å². The Morgan fingerprint density at radius 1 is 1.22 bits per heavy atom. The number of benzene rings is 1. The van der Waals surface area contributed by atoms with Crippen molar-refractivity contribution >= 4 is 29.0 Å². The molecule has 0 aliphatic rings. The molecule has 3 N–H and O–H groups in total. The lowest BCUT2D eigenvalue weighted by Gasteiger charge is -2.07. The number of aryl methyl sites for hydroxylation is 1. The number of amides is 3. The number of hydrogen-bond donors (Lipinski definition) is 3. The van der Waals surface area contributed by atoms with Crippen molar-refractivity contribution in [2.75, 3.05) is 18.9 Å². The molecule has 1 heterocycles. The van der Waals surface area contributed by atoms with Crippen LogP contribution in [0.5, 0.6) is 0 Å². The van der Waals surface area contributed by atoms with Crippen LogP contribution < -0.4 is 16.0 Å². The van der Waals surface area contributed by atoms with Crippen molar-refractivity contribution in [3.8, 4) is 0 Å². The zero-order valence-corrected chi connectivity index (χ0v) is 14.0. The highest BCUT2D eigenvalue weighted by Crippen LogP contribution is 2.11. The topological polar surface area (TPSA) is 83.1 Å². The summed E-state index contributed by atoms with van der Waals surface area (Å²) in [4.78, 5) is 27.7. The first kappa shape index (κ1) is 17.0. The number of carbonyl (C=O) groups excluding carboxylic acids is 2. The normalized spacial score (nSPS) is 10.2. The third kappa shape index (κ3) is 5.07. The van der Waals surface area contributed by atoms with Crippen molar-refractivity contribution in [2.45, 2.75) is 19.8 Å². The first-order chi connectivity index (χ1) is 11.1. The largest absolute Gasteiger partial charge is 0.355 e. The summed E-state index contributed by atoms with van der Waals surface area (Å²) >= 11 is 1.64. The highest BCUT2D eigenvalue weighted by molar-refractivity contribution is 7.09. The van der Waals surface area contributed by atoms with Crippen LogP contribution in [0, 0.1) is 0 Å². The van der Waals surface area contributed by atoms with Crippen molar-refractivity contribution in [3.05, 3.63) is 45.9 Å². The Bertz CT molecular complexity index is 667. The first-order valence-corrected chi connectivity index (χ1v) is 8.30. The van der Waals surface area contributed by atoms with Crippen molar-refractivity contribution in [1.29, 1.82) is 0 Å². The van der Waals surface area contributed by atoms with Gasteiger partial charge in [0, 0.05) is 36.6 Å². The van der Waals surface area contributed by atoms with Crippen LogP contribution in [0.1, 0.15) is 28.0 Å². The molecule has 1 aromatic heterocycles. The van der Waals surface area contributed by atoms with E-state index in [1.165, 1.54) is 0 Å². The number of thiazole rings is 1. The van der Waals surface area contributed by atoms with Crippen LogP contribution >= 0.6 is 11.3 Å². The summed E-state index contributed by atoms with van der Waals surface area (Å²) in [5, 5.41) is 11.2. The van der Waals surface area contributed by atoms with E-state index in [9.17, 15) is 9.59 Å². The SMILES string of the molecule is CCc1nc(CCNC(=O)Nc2ccc(C(=O)NC)cc2)cs1. The summed E-state index contributed by atoms with van der Waals surface area (Å²) in [5.74, 6) is -0.157. The van der Waals surface area contributed by atoms with Crippen LogP contribution in [-0.2, 0) is 12.8 Å². The first-order valence-electron chi connectivity index (χ1n) is 7.42. The van der Waals surface area contributed by atoms with Crippen molar-refractivity contribution in [2.24, 2.45) is 0 Å². The Morgan fingerprint density at radius 2 is 1.96 bits per heavy atom. The fourth-order valence-electron chi connectivity index (χ4n) is 1.95.